The van der Waals surface area contributed by atoms with Gasteiger partial charge < -0.3 is 30.0 Å². The minimum atomic E-state index is -2.79. The van der Waals surface area contributed by atoms with Crippen molar-refractivity contribution >= 4 is 56.8 Å². The van der Waals surface area contributed by atoms with Gasteiger partial charge in [-0.3, -0.25) is 19.0 Å². The average Bonchev–Trinajstić information content (AvgIpc) is 4.15. The van der Waals surface area contributed by atoms with Crippen molar-refractivity contribution in [3.8, 4) is 22.3 Å². The van der Waals surface area contributed by atoms with Crippen LogP contribution in [-0.2, 0) is 34.0 Å². The number of carbonyl (C=O) groups excluding carboxylic acids is 2. The second-order valence-corrected chi connectivity index (χ2v) is 18.0. The van der Waals surface area contributed by atoms with Crippen molar-refractivity contribution in [1.29, 1.82) is 0 Å². The summed E-state index contributed by atoms with van der Waals surface area (Å²) in [7, 11) is 8.43. The monoisotopic (exact) mass is 926 g/mol. The van der Waals surface area contributed by atoms with Crippen LogP contribution in [0, 0.1) is 5.92 Å². The molecule has 2 aliphatic rings. The van der Waals surface area contributed by atoms with Gasteiger partial charge in [-0.2, -0.15) is 10.2 Å². The first kappa shape index (κ1) is 44.3. The fourth-order valence-corrected chi connectivity index (χ4v) is 10.4. The molecule has 350 valence electrons. The number of carbonyl (C=O) groups is 2. The maximum absolute atomic E-state index is 15.1. The third-order valence-corrected chi connectivity index (χ3v) is 13.6. The van der Waals surface area contributed by atoms with Gasteiger partial charge in [0.05, 0.1) is 35.2 Å². The van der Waals surface area contributed by atoms with Gasteiger partial charge in [0.2, 0.25) is 5.95 Å². The Bertz CT molecular complexity index is 3280. The van der Waals surface area contributed by atoms with E-state index in [0.29, 0.717) is 93.5 Å². The van der Waals surface area contributed by atoms with E-state index < -0.39 is 12.9 Å². The fraction of sp³-hybridized carbons (Fsp3) is 0.320. The molecule has 2 amide bonds. The smallest absolute Gasteiger partial charge is 0.264 e. The zero-order chi connectivity index (χ0) is 47.7. The van der Waals surface area contributed by atoms with Gasteiger partial charge in [0.1, 0.15) is 5.52 Å². The Morgan fingerprint density at radius 3 is 2.03 bits per heavy atom. The first-order valence-corrected chi connectivity index (χ1v) is 22.6. The van der Waals surface area contributed by atoms with Crippen LogP contribution in [0.5, 0.6) is 0 Å². The number of aromatic amines is 1. The number of amides is 2. The summed E-state index contributed by atoms with van der Waals surface area (Å²) in [5, 5.41) is 14.7. The van der Waals surface area contributed by atoms with Crippen LogP contribution in [0.15, 0.2) is 79.8 Å². The number of rotatable bonds is 11. The Hall–Kier alpha value is -7.50. The van der Waals surface area contributed by atoms with Crippen LogP contribution < -0.4 is 20.4 Å². The lowest BCUT2D eigenvalue weighted by molar-refractivity contribution is 0.0956. The third-order valence-electron chi connectivity index (χ3n) is 13.6. The van der Waals surface area contributed by atoms with E-state index in [4.69, 9.17) is 9.97 Å². The normalized spacial score (nSPS) is 15.4. The van der Waals surface area contributed by atoms with E-state index in [1.807, 2.05) is 23.1 Å². The van der Waals surface area contributed by atoms with Gasteiger partial charge >= 0.3 is 0 Å². The van der Waals surface area contributed by atoms with E-state index in [9.17, 15) is 18.4 Å². The molecule has 2 atom stereocenters. The van der Waals surface area contributed by atoms with Crippen LogP contribution in [0.25, 0.3) is 44.2 Å². The molecule has 18 heteroatoms. The van der Waals surface area contributed by atoms with Gasteiger partial charge in [0.25, 0.3) is 24.7 Å². The summed E-state index contributed by atoms with van der Waals surface area (Å²) < 4.78 is 64.9. The predicted octanol–water partition coefficient (Wildman–Crippen LogP) is 9.43. The molecule has 2 aliphatic heterocycles. The molecule has 3 aromatic carbocycles. The number of aryl methyl sites for hydroxylation is 4. The number of H-pyrrole nitrogens is 1. The second kappa shape index (κ2) is 17.3. The van der Waals surface area contributed by atoms with E-state index in [1.165, 1.54) is 6.07 Å². The highest BCUT2D eigenvalue weighted by atomic mass is 19.3. The van der Waals surface area contributed by atoms with Crippen LogP contribution in [0.4, 0.5) is 40.6 Å². The molecule has 5 aromatic heterocycles. The van der Waals surface area contributed by atoms with Crippen LogP contribution in [-0.4, -0.2) is 78.1 Å². The van der Waals surface area contributed by atoms with Crippen LogP contribution in [0.3, 0.4) is 0 Å². The number of aromatic nitrogens is 8. The zero-order valence-electron chi connectivity index (χ0n) is 38.4. The molecule has 3 N–H and O–H groups in total. The molecule has 2 unspecified atom stereocenters. The maximum atomic E-state index is 15.1. The highest BCUT2D eigenvalue weighted by Gasteiger charge is 2.33. The first-order chi connectivity index (χ1) is 32.7. The largest absolute Gasteiger partial charge is 0.360 e. The molecule has 68 heavy (non-hydrogen) atoms. The Morgan fingerprint density at radius 2 is 1.41 bits per heavy atom. The molecule has 8 aromatic rings. The van der Waals surface area contributed by atoms with Crippen LogP contribution in [0.1, 0.15) is 87.1 Å². The SMILES string of the molecule is CNC(=O)c1c[nH]c2c(C(C)CC3Cc4cc(-c5cnn(C)c5)c(C(F)F)cc4N(c4ncc5c(n4)c(C(=O)NC)cn5C)C3)cc(N3CCCc4cc(-c5cnn(C)c5)c(C(F)F)cc43)cc12. The number of nitrogens with zero attached hydrogens (tertiary/aromatic N) is 9. The first-order valence-electron chi connectivity index (χ1n) is 22.6. The fourth-order valence-electron chi connectivity index (χ4n) is 10.4. The quantitative estimate of drug-likeness (QED) is 0.109. The van der Waals surface area contributed by atoms with E-state index in [-0.39, 0.29) is 40.7 Å². The van der Waals surface area contributed by atoms with Gasteiger partial charge in [-0.15, -0.1) is 0 Å². The molecule has 0 saturated heterocycles. The minimum Gasteiger partial charge on any atom is -0.360 e. The number of halogens is 4. The molecular weight excluding hydrogens is 877 g/mol. The average molecular weight is 927 g/mol. The molecule has 0 fully saturated rings. The number of hydrogen-bond acceptors (Lipinski definition) is 8. The summed E-state index contributed by atoms with van der Waals surface area (Å²) >= 11 is 0. The van der Waals surface area contributed by atoms with E-state index >= 15 is 8.78 Å². The number of anilines is 4. The lowest BCUT2D eigenvalue weighted by Crippen LogP contribution is -2.34. The van der Waals surface area contributed by atoms with Crippen LogP contribution >= 0.6 is 0 Å². The van der Waals surface area contributed by atoms with E-state index in [0.717, 1.165) is 34.3 Å². The Morgan fingerprint density at radius 1 is 0.779 bits per heavy atom. The van der Waals surface area contributed by atoms with Crippen molar-refractivity contribution < 1.29 is 27.2 Å². The van der Waals surface area contributed by atoms with Gasteiger partial charge in [0.15, 0.2) is 0 Å². The molecule has 0 aliphatic carbocycles. The molecule has 10 rings (SSSR count). The molecule has 7 heterocycles. The highest BCUT2D eigenvalue weighted by Crippen LogP contribution is 2.46. The molecule has 0 radical (unpaired) electrons. The molecule has 14 nitrogen and oxygen atoms in total. The summed E-state index contributed by atoms with van der Waals surface area (Å²) in [4.78, 5) is 43.5. The maximum Gasteiger partial charge on any atom is 0.264 e. The molecular formula is C50H50F4N12O2. The van der Waals surface area contributed by atoms with Crippen molar-refractivity contribution in [3.63, 3.8) is 0 Å². The summed E-state index contributed by atoms with van der Waals surface area (Å²) in [5.41, 5.74) is 9.16. The summed E-state index contributed by atoms with van der Waals surface area (Å²) in [6.45, 7) is 3.07. The predicted molar refractivity (Wildman–Crippen MR) is 253 cm³/mol. The highest BCUT2D eigenvalue weighted by molar-refractivity contribution is 6.08. The molecule has 0 bridgehead atoms. The standard InChI is InChI=1S/C50H50F4N12O2/c1-26(33-14-32(15-36-39(48(67)55-2)20-57-44(33)36)65-9-7-8-28-12-34(30-18-59-63(5)23-30)37(46(51)52)16-41(28)65)10-27-11-29-13-35(31-19-60-64(6)24-31)38(47(53)54)17-42(29)66(22-27)50-58-21-43-45(61-50)40(25-62(43)4)49(68)56-3/h12-21,23-27,46-47,57H,7-11,22H2,1-6H3,(H,55,67)(H,56,68). The van der Waals surface area contributed by atoms with Gasteiger partial charge in [-0.05, 0) is 102 Å². The van der Waals surface area contributed by atoms with E-state index in [2.05, 4.69) is 43.7 Å². The Kier molecular flexibility index (Phi) is 11.3. The van der Waals surface area contributed by atoms with Crippen molar-refractivity contribution in [2.45, 2.75) is 51.4 Å². The lowest BCUT2D eigenvalue weighted by Gasteiger charge is -2.37. The Labute approximate surface area is 389 Å². The number of fused-ring (bicyclic) bond motifs is 4. The van der Waals surface area contributed by atoms with Crippen molar-refractivity contribution in [2.75, 3.05) is 37.0 Å². The third kappa shape index (κ3) is 7.70. The second-order valence-electron chi connectivity index (χ2n) is 18.0. The van der Waals surface area contributed by atoms with Crippen LogP contribution in [0.2, 0.25) is 0 Å². The van der Waals surface area contributed by atoms with Crippen molar-refractivity contribution in [1.82, 2.24) is 49.7 Å². The summed E-state index contributed by atoms with van der Waals surface area (Å²) in [6.07, 6.45) is 8.78. The van der Waals surface area contributed by atoms with Gasteiger partial charge in [-0.25, -0.2) is 27.5 Å². The molecule has 0 saturated carbocycles. The summed E-state index contributed by atoms with van der Waals surface area (Å²) in [6, 6.07) is 10.9. The minimum absolute atomic E-state index is 0.0765. The summed E-state index contributed by atoms with van der Waals surface area (Å²) in [5.74, 6) is -0.543. The lowest BCUT2D eigenvalue weighted by atomic mass is 9.81. The van der Waals surface area contributed by atoms with Gasteiger partial charge in [-0.1, -0.05) is 6.92 Å². The molecule has 0 spiro atoms. The number of nitrogens with one attached hydrogen (secondary N) is 3. The van der Waals surface area contributed by atoms with Crippen molar-refractivity contribution in [2.24, 2.45) is 27.1 Å². The van der Waals surface area contributed by atoms with Crippen molar-refractivity contribution in [3.05, 3.63) is 119 Å². The zero-order valence-corrected chi connectivity index (χ0v) is 38.4. The topological polar surface area (TPSA) is 147 Å². The Balaban J connectivity index is 1.07. The number of hydrogen-bond donors (Lipinski definition) is 3. The van der Waals surface area contributed by atoms with E-state index in [1.54, 1.807) is 98.6 Å². The number of benzene rings is 3. The van der Waals surface area contributed by atoms with Gasteiger partial charge in [0, 0.05) is 123 Å². The number of alkyl halides is 4.